The zero-order valence-corrected chi connectivity index (χ0v) is 32.4. The van der Waals surface area contributed by atoms with Gasteiger partial charge in [-0.25, -0.2) is 0 Å². The average Bonchev–Trinajstić information content (AvgIpc) is 3.84. The Bertz CT molecular complexity index is 3380. The van der Waals surface area contributed by atoms with Gasteiger partial charge in [0.25, 0.3) is 0 Å². The summed E-state index contributed by atoms with van der Waals surface area (Å²) < 4.78 is 2.53. The third-order valence-electron chi connectivity index (χ3n) is 13.7. The fourth-order valence-electron chi connectivity index (χ4n) is 11.3. The van der Waals surface area contributed by atoms with Gasteiger partial charge in [-0.3, -0.25) is 0 Å². The molecule has 0 radical (unpaired) electrons. The third-order valence-corrected chi connectivity index (χ3v) is 13.7. The molecule has 2 heteroatoms. The van der Waals surface area contributed by atoms with Gasteiger partial charge in [0.15, 0.2) is 0 Å². The van der Waals surface area contributed by atoms with E-state index in [-0.39, 0.29) is 5.41 Å². The quantitative estimate of drug-likeness (QED) is 0.175. The van der Waals surface area contributed by atoms with E-state index in [4.69, 9.17) is 0 Å². The van der Waals surface area contributed by atoms with Crippen LogP contribution in [0.4, 0.5) is 17.1 Å². The predicted octanol–water partition coefficient (Wildman–Crippen LogP) is 14.4. The maximum Gasteiger partial charge on any atom is 0.0755 e. The molecule has 0 amide bonds. The molecule has 272 valence electrons. The monoisotopic (exact) mass is 738 g/mol. The maximum absolute atomic E-state index is 2.53. The van der Waals surface area contributed by atoms with Gasteiger partial charge in [-0.05, 0) is 115 Å². The molecular weight excluding hydrogens is 701 g/mol. The highest BCUT2D eigenvalue weighted by atomic mass is 15.1. The average molecular weight is 739 g/mol. The van der Waals surface area contributed by atoms with Crippen molar-refractivity contribution in [3.05, 3.63) is 228 Å². The fourth-order valence-corrected chi connectivity index (χ4v) is 11.3. The lowest BCUT2D eigenvalue weighted by atomic mass is 9.65. The summed E-state index contributed by atoms with van der Waals surface area (Å²) in [6, 6.07) is 73.1. The summed E-state index contributed by atoms with van der Waals surface area (Å²) in [6.07, 6.45) is 0. The first-order valence-corrected chi connectivity index (χ1v) is 20.4. The van der Waals surface area contributed by atoms with Gasteiger partial charge in [0.05, 0.1) is 27.8 Å². The molecule has 0 saturated carbocycles. The molecule has 13 rings (SSSR count). The van der Waals surface area contributed by atoms with E-state index in [1.807, 2.05) is 0 Å². The molecule has 2 aliphatic carbocycles. The van der Waals surface area contributed by atoms with Crippen molar-refractivity contribution in [3.8, 4) is 27.9 Å². The Morgan fingerprint density at radius 1 is 0.414 bits per heavy atom. The Labute approximate surface area is 337 Å². The standard InChI is InChI=1S/C56H38N2/c1-55(2)44-23-10-8-21-42(44)53-46(55)25-15-29-52(53)57(37-18-4-3-5-19-37)38-30-31-39-43-32-35-16-6-7-17-36(35)33-48(43)56(49(39)34-38)45-24-11-13-28-51(45)58-50-27-12-9-20-40(50)41-22-14-26-47(56)54(41)58/h3-34H,1-2H3. The Hall–Kier alpha value is -7.16. The van der Waals surface area contributed by atoms with E-state index in [9.17, 15) is 0 Å². The number of aromatic nitrogens is 1. The Morgan fingerprint density at radius 3 is 1.95 bits per heavy atom. The Kier molecular flexibility index (Phi) is 6.20. The number of hydrogen-bond acceptors (Lipinski definition) is 1. The molecule has 9 aromatic carbocycles. The summed E-state index contributed by atoms with van der Waals surface area (Å²) in [6.45, 7) is 4.74. The van der Waals surface area contributed by atoms with Crippen LogP contribution in [0.25, 0.3) is 60.5 Å². The second-order valence-electron chi connectivity index (χ2n) is 16.8. The zero-order valence-electron chi connectivity index (χ0n) is 32.4. The number of fused-ring (bicyclic) bond motifs is 16. The molecule has 1 aromatic heterocycles. The summed E-state index contributed by atoms with van der Waals surface area (Å²) in [7, 11) is 0. The van der Waals surface area contributed by atoms with Gasteiger partial charge in [-0.1, -0.05) is 153 Å². The smallest absolute Gasteiger partial charge is 0.0755 e. The number of anilines is 3. The lowest BCUT2D eigenvalue weighted by molar-refractivity contribution is 0.660. The molecule has 2 heterocycles. The van der Waals surface area contributed by atoms with Crippen molar-refractivity contribution < 1.29 is 0 Å². The van der Waals surface area contributed by atoms with E-state index in [1.54, 1.807) is 0 Å². The lowest BCUT2D eigenvalue weighted by Crippen LogP contribution is -2.33. The highest BCUT2D eigenvalue weighted by molar-refractivity contribution is 6.13. The van der Waals surface area contributed by atoms with Crippen LogP contribution in [-0.2, 0) is 10.8 Å². The van der Waals surface area contributed by atoms with Crippen molar-refractivity contribution in [3.63, 3.8) is 0 Å². The first-order valence-electron chi connectivity index (χ1n) is 20.4. The molecule has 1 unspecified atom stereocenters. The summed E-state index contributed by atoms with van der Waals surface area (Å²) in [5, 5.41) is 5.10. The Balaban J connectivity index is 1.17. The van der Waals surface area contributed by atoms with Crippen molar-refractivity contribution in [2.45, 2.75) is 24.7 Å². The second kappa shape index (κ2) is 11.2. The molecule has 3 aliphatic rings. The molecule has 1 spiro atoms. The van der Waals surface area contributed by atoms with Gasteiger partial charge >= 0.3 is 0 Å². The zero-order chi connectivity index (χ0) is 38.3. The molecule has 1 atom stereocenters. The van der Waals surface area contributed by atoms with Crippen LogP contribution in [0.2, 0.25) is 0 Å². The van der Waals surface area contributed by atoms with Crippen LogP contribution in [0.3, 0.4) is 0 Å². The third kappa shape index (κ3) is 3.88. The van der Waals surface area contributed by atoms with Crippen LogP contribution >= 0.6 is 0 Å². The number of hydrogen-bond donors (Lipinski definition) is 0. The summed E-state index contributed by atoms with van der Waals surface area (Å²) >= 11 is 0. The molecule has 0 saturated heterocycles. The first-order chi connectivity index (χ1) is 28.5. The van der Waals surface area contributed by atoms with Crippen molar-refractivity contribution in [2.75, 3.05) is 4.90 Å². The van der Waals surface area contributed by atoms with Gasteiger partial charge in [0.1, 0.15) is 0 Å². The molecule has 10 aromatic rings. The van der Waals surface area contributed by atoms with E-state index in [2.05, 4.69) is 217 Å². The molecule has 0 bridgehead atoms. The van der Waals surface area contributed by atoms with Crippen molar-refractivity contribution in [1.82, 2.24) is 4.57 Å². The van der Waals surface area contributed by atoms with Gasteiger partial charge < -0.3 is 9.47 Å². The highest BCUT2D eigenvalue weighted by Gasteiger charge is 2.51. The molecular formula is C56H38N2. The van der Waals surface area contributed by atoms with E-state index in [0.717, 1.165) is 11.4 Å². The lowest BCUT2D eigenvalue weighted by Gasteiger charge is -2.40. The maximum atomic E-state index is 2.53. The van der Waals surface area contributed by atoms with Gasteiger partial charge in [0, 0.05) is 33.1 Å². The number of rotatable bonds is 3. The van der Waals surface area contributed by atoms with Gasteiger partial charge in [0.2, 0.25) is 0 Å². The summed E-state index contributed by atoms with van der Waals surface area (Å²) in [5.41, 5.74) is 19.9. The highest BCUT2D eigenvalue weighted by Crippen LogP contribution is 2.63. The van der Waals surface area contributed by atoms with Crippen LogP contribution in [0.1, 0.15) is 47.2 Å². The number of benzene rings is 9. The van der Waals surface area contributed by atoms with Crippen LogP contribution < -0.4 is 4.90 Å². The summed E-state index contributed by atoms with van der Waals surface area (Å²) in [5.74, 6) is 0. The largest absolute Gasteiger partial charge is 0.310 e. The van der Waals surface area contributed by atoms with Gasteiger partial charge in [-0.2, -0.15) is 0 Å². The molecule has 0 N–H and O–H groups in total. The molecule has 0 fully saturated rings. The van der Waals surface area contributed by atoms with Crippen molar-refractivity contribution in [1.29, 1.82) is 0 Å². The van der Waals surface area contributed by atoms with Gasteiger partial charge in [-0.15, -0.1) is 0 Å². The van der Waals surface area contributed by atoms with Crippen LogP contribution in [0.15, 0.2) is 194 Å². The van der Waals surface area contributed by atoms with Crippen LogP contribution in [0, 0.1) is 0 Å². The first kappa shape index (κ1) is 32.0. The Morgan fingerprint density at radius 2 is 1.07 bits per heavy atom. The molecule has 58 heavy (non-hydrogen) atoms. The van der Waals surface area contributed by atoms with E-state index < -0.39 is 5.41 Å². The number of nitrogens with zero attached hydrogens (tertiary/aromatic N) is 2. The predicted molar refractivity (Wildman–Crippen MR) is 241 cm³/mol. The molecule has 2 nitrogen and oxygen atoms in total. The normalized spacial score (nSPS) is 16.3. The van der Waals surface area contributed by atoms with Crippen molar-refractivity contribution >= 4 is 49.6 Å². The van der Waals surface area contributed by atoms with Crippen LogP contribution in [0.5, 0.6) is 0 Å². The fraction of sp³-hybridized carbons (Fsp3) is 0.0714. The summed E-state index contributed by atoms with van der Waals surface area (Å²) in [4.78, 5) is 2.51. The number of para-hydroxylation sites is 4. The SMILES string of the molecule is CC1(C)c2ccccc2-c2c(N(c3ccccc3)c3ccc4c(c3)C3(c5cc6ccccc6cc5-4)c4ccccc4-n4c5ccccc5c5cccc3c54)cccc21. The van der Waals surface area contributed by atoms with E-state index in [0.29, 0.717) is 0 Å². The molecule has 1 aliphatic heterocycles. The van der Waals surface area contributed by atoms with Crippen LogP contribution in [-0.4, -0.2) is 4.57 Å². The van der Waals surface area contributed by atoms with Crippen molar-refractivity contribution in [2.24, 2.45) is 0 Å². The second-order valence-corrected chi connectivity index (χ2v) is 16.8. The minimum Gasteiger partial charge on any atom is -0.310 e. The van der Waals surface area contributed by atoms with E-state index >= 15 is 0 Å². The van der Waals surface area contributed by atoms with E-state index in [1.165, 1.54) is 99.6 Å². The minimum atomic E-state index is -0.569. The topological polar surface area (TPSA) is 8.17 Å². The minimum absolute atomic E-state index is 0.112.